The van der Waals surface area contributed by atoms with Crippen molar-refractivity contribution in [3.8, 4) is 5.75 Å². The molecule has 2 rings (SSSR count). The summed E-state index contributed by atoms with van der Waals surface area (Å²) in [6.07, 6.45) is 1.85. The largest absolute Gasteiger partial charge is 0.497 e. The average molecular weight is 467 g/mol. The fraction of sp³-hybridized carbons (Fsp3) is 0.769. The van der Waals surface area contributed by atoms with Crippen molar-refractivity contribution in [3.63, 3.8) is 0 Å². The molecule has 0 bridgehead atoms. The van der Waals surface area contributed by atoms with Crippen LogP contribution in [0.1, 0.15) is 73.8 Å². The van der Waals surface area contributed by atoms with Gasteiger partial charge in [-0.15, -0.1) is 0 Å². The molecule has 0 aromatic heterocycles. The summed E-state index contributed by atoms with van der Waals surface area (Å²) in [6.45, 7) is 19.8. The van der Waals surface area contributed by atoms with Crippen LogP contribution in [0, 0.1) is 0 Å². The first-order valence-electron chi connectivity index (χ1n) is 12.2. The van der Waals surface area contributed by atoms with E-state index in [1.54, 1.807) is 7.11 Å². The molecular weight excluding hydrogens is 420 g/mol. The van der Waals surface area contributed by atoms with Gasteiger partial charge in [-0.05, 0) is 54.6 Å². The van der Waals surface area contributed by atoms with Crippen LogP contribution in [-0.4, -0.2) is 46.6 Å². The molecule has 0 N–H and O–H groups in total. The summed E-state index contributed by atoms with van der Waals surface area (Å²) in [5, 5.41) is 0. The molecule has 1 aliphatic rings. The number of methoxy groups -OCH3 is 1. The van der Waals surface area contributed by atoms with E-state index in [9.17, 15) is 0 Å². The molecule has 0 spiro atoms. The Labute approximate surface area is 197 Å². The Balaban J connectivity index is 1.88. The van der Waals surface area contributed by atoms with E-state index in [0.717, 1.165) is 30.8 Å². The first-order valence-corrected chi connectivity index (χ1v) is 14.3. The zero-order valence-corrected chi connectivity index (χ0v) is 22.8. The molecule has 0 amide bonds. The smallest absolute Gasteiger partial charge is 0.200 e. The molecule has 1 saturated heterocycles. The van der Waals surface area contributed by atoms with Crippen LogP contribution in [0.5, 0.6) is 5.75 Å². The van der Waals surface area contributed by atoms with E-state index in [4.69, 9.17) is 23.4 Å². The van der Waals surface area contributed by atoms with Crippen molar-refractivity contribution in [3.05, 3.63) is 29.8 Å². The van der Waals surface area contributed by atoms with Crippen molar-refractivity contribution >= 4 is 8.32 Å². The van der Waals surface area contributed by atoms with E-state index in [1.165, 1.54) is 0 Å². The van der Waals surface area contributed by atoms with Gasteiger partial charge < -0.3 is 23.4 Å². The summed E-state index contributed by atoms with van der Waals surface area (Å²) in [6, 6.07) is 7.97. The highest BCUT2D eigenvalue weighted by Gasteiger charge is 2.45. The maximum Gasteiger partial charge on any atom is 0.200 e. The van der Waals surface area contributed by atoms with Crippen molar-refractivity contribution in [1.29, 1.82) is 0 Å². The van der Waals surface area contributed by atoms with Crippen LogP contribution in [-0.2, 0) is 25.2 Å². The first-order chi connectivity index (χ1) is 15.0. The predicted octanol–water partition coefficient (Wildman–Crippen LogP) is 6.70. The maximum absolute atomic E-state index is 6.75. The minimum Gasteiger partial charge on any atom is -0.497 e. The summed E-state index contributed by atoms with van der Waals surface area (Å²) in [7, 11) is -0.176. The van der Waals surface area contributed by atoms with Crippen LogP contribution in [0.2, 0.25) is 16.6 Å². The second-order valence-electron chi connectivity index (χ2n) is 10.4. The molecule has 1 heterocycles. The predicted molar refractivity (Wildman–Crippen MR) is 133 cm³/mol. The molecule has 0 saturated carbocycles. The third kappa shape index (κ3) is 7.29. The lowest BCUT2D eigenvalue weighted by atomic mass is 10.1. The van der Waals surface area contributed by atoms with E-state index < -0.39 is 14.1 Å². The number of rotatable bonds is 12. The van der Waals surface area contributed by atoms with Crippen LogP contribution in [0.25, 0.3) is 0 Å². The van der Waals surface area contributed by atoms with Gasteiger partial charge in [0.25, 0.3) is 0 Å². The summed E-state index contributed by atoms with van der Waals surface area (Å²) >= 11 is 0. The zero-order chi connectivity index (χ0) is 23.9. The lowest BCUT2D eigenvalue weighted by Gasteiger charge is -2.44. The van der Waals surface area contributed by atoms with Crippen molar-refractivity contribution < 1.29 is 23.4 Å². The second-order valence-corrected chi connectivity index (χ2v) is 15.9. The van der Waals surface area contributed by atoms with Crippen molar-refractivity contribution in [2.24, 2.45) is 0 Å². The van der Waals surface area contributed by atoms with Crippen LogP contribution in [0.3, 0.4) is 0 Å². The molecule has 6 heteroatoms. The highest BCUT2D eigenvalue weighted by Crippen LogP contribution is 2.42. The van der Waals surface area contributed by atoms with Crippen LogP contribution < -0.4 is 4.74 Å². The minimum atomic E-state index is -1.85. The number of hydrogen-bond donors (Lipinski definition) is 0. The van der Waals surface area contributed by atoms with Gasteiger partial charge in [-0.25, -0.2) is 0 Å². The third-order valence-corrected chi connectivity index (χ3v) is 12.8. The molecule has 32 heavy (non-hydrogen) atoms. The zero-order valence-electron chi connectivity index (χ0n) is 21.8. The Morgan fingerprint density at radius 1 is 0.938 bits per heavy atom. The van der Waals surface area contributed by atoms with Crippen LogP contribution in [0.4, 0.5) is 0 Å². The monoisotopic (exact) mass is 466 g/mol. The molecule has 1 aliphatic heterocycles. The normalized spacial score (nSPS) is 21.5. The number of hydrogen-bond acceptors (Lipinski definition) is 5. The Hall–Kier alpha value is -0.923. The molecular formula is C26H46O5Si. The highest BCUT2D eigenvalue weighted by atomic mass is 28.4. The fourth-order valence-electron chi connectivity index (χ4n) is 5.40. The number of benzene rings is 1. The van der Waals surface area contributed by atoms with Crippen molar-refractivity contribution in [1.82, 2.24) is 0 Å². The van der Waals surface area contributed by atoms with Crippen molar-refractivity contribution in [2.45, 2.75) is 109 Å². The quantitative estimate of drug-likeness (QED) is 0.321. The summed E-state index contributed by atoms with van der Waals surface area (Å²) in [4.78, 5) is 0. The van der Waals surface area contributed by atoms with Gasteiger partial charge >= 0.3 is 0 Å². The van der Waals surface area contributed by atoms with Gasteiger partial charge in [0.2, 0.25) is 0 Å². The molecule has 0 radical (unpaired) electrons. The summed E-state index contributed by atoms with van der Waals surface area (Å²) in [5.74, 6) is 0.243. The van der Waals surface area contributed by atoms with Crippen LogP contribution in [0.15, 0.2) is 24.3 Å². The van der Waals surface area contributed by atoms with E-state index >= 15 is 0 Å². The molecule has 1 fully saturated rings. The Morgan fingerprint density at radius 3 is 2.03 bits per heavy atom. The highest BCUT2D eigenvalue weighted by molar-refractivity contribution is 6.77. The van der Waals surface area contributed by atoms with Crippen LogP contribution >= 0.6 is 0 Å². The summed E-state index contributed by atoms with van der Waals surface area (Å²) < 4.78 is 30.3. The van der Waals surface area contributed by atoms with Crippen molar-refractivity contribution in [2.75, 3.05) is 20.3 Å². The molecule has 0 aliphatic carbocycles. The number of ether oxygens (including phenoxy) is 4. The standard InChI is InChI=1S/C26H46O5Si/c1-19(2)32(20(3)4,21(5)6)29-15-14-24-16-25(31-26(7,8)30-24)18-28-17-22-10-12-23(27-9)13-11-22/h10-13,19-21,24-25H,14-18H2,1-9H3/t24-,25-/m1/s1. The van der Waals surface area contributed by atoms with E-state index in [0.29, 0.717) is 29.8 Å². The Kier molecular flexibility index (Phi) is 10.2. The summed E-state index contributed by atoms with van der Waals surface area (Å²) in [5.41, 5.74) is 2.90. The van der Waals surface area contributed by atoms with Gasteiger partial charge in [-0.2, -0.15) is 0 Å². The second kappa shape index (κ2) is 12.0. The van der Waals surface area contributed by atoms with E-state index in [-0.39, 0.29) is 12.2 Å². The van der Waals surface area contributed by atoms with E-state index in [2.05, 4.69) is 41.5 Å². The molecule has 184 valence electrons. The lowest BCUT2D eigenvalue weighted by Crippen LogP contribution is -2.49. The Bertz CT molecular complexity index is 650. The van der Waals surface area contributed by atoms with E-state index in [1.807, 2.05) is 38.1 Å². The van der Waals surface area contributed by atoms with Gasteiger partial charge in [-0.1, -0.05) is 53.7 Å². The molecule has 1 aromatic rings. The first kappa shape index (κ1) is 27.3. The average Bonchev–Trinajstić information content (AvgIpc) is 2.69. The molecule has 0 unspecified atom stereocenters. The minimum absolute atomic E-state index is 0.0179. The topological polar surface area (TPSA) is 46.2 Å². The SMILES string of the molecule is COc1ccc(COC[C@H]2C[C@@H](CCO[Si](C(C)C)(C(C)C)C(C)C)OC(C)(C)O2)cc1. The van der Waals surface area contributed by atoms with Gasteiger partial charge in [0.05, 0.1) is 32.5 Å². The van der Waals surface area contributed by atoms with Gasteiger partial charge in [0.15, 0.2) is 14.1 Å². The van der Waals surface area contributed by atoms with Gasteiger partial charge in [0, 0.05) is 13.0 Å². The maximum atomic E-state index is 6.75. The molecule has 1 aromatic carbocycles. The fourth-order valence-corrected chi connectivity index (χ4v) is 10.9. The third-order valence-electron chi connectivity index (χ3n) is 6.66. The lowest BCUT2D eigenvalue weighted by molar-refractivity contribution is -0.307. The van der Waals surface area contributed by atoms with Gasteiger partial charge in [0.1, 0.15) is 5.75 Å². The molecule has 5 nitrogen and oxygen atoms in total. The van der Waals surface area contributed by atoms with Gasteiger partial charge in [-0.3, -0.25) is 0 Å². The Morgan fingerprint density at radius 2 is 1.50 bits per heavy atom. The molecule has 2 atom stereocenters.